The standard InChI is InChI=1S/C12H20N2S/c1-11(6-7-11)8-13-10-14-12(9-15-10)4-2-3-5-12/h2-9H2,1H3,(H,13,14). The summed E-state index contributed by atoms with van der Waals surface area (Å²) in [6.45, 7) is 3.39. The van der Waals surface area contributed by atoms with Crippen LogP contribution in [0.4, 0.5) is 0 Å². The predicted octanol–water partition coefficient (Wildman–Crippen LogP) is 2.79. The van der Waals surface area contributed by atoms with Crippen molar-refractivity contribution in [1.29, 1.82) is 0 Å². The van der Waals surface area contributed by atoms with Gasteiger partial charge in [-0.2, -0.15) is 0 Å². The van der Waals surface area contributed by atoms with Crippen LogP contribution in [0.3, 0.4) is 0 Å². The van der Waals surface area contributed by atoms with Crippen LogP contribution in [-0.2, 0) is 0 Å². The van der Waals surface area contributed by atoms with E-state index in [9.17, 15) is 0 Å². The maximum Gasteiger partial charge on any atom is 0.157 e. The molecule has 2 nitrogen and oxygen atoms in total. The Labute approximate surface area is 96.3 Å². The third-order valence-corrected chi connectivity index (χ3v) is 5.33. The fourth-order valence-electron chi connectivity index (χ4n) is 2.55. The van der Waals surface area contributed by atoms with Crippen LogP contribution < -0.4 is 5.32 Å². The van der Waals surface area contributed by atoms with E-state index >= 15 is 0 Å². The van der Waals surface area contributed by atoms with Crippen LogP contribution in [0.25, 0.3) is 0 Å². The Morgan fingerprint density at radius 2 is 2.00 bits per heavy atom. The zero-order chi connectivity index (χ0) is 10.4. The van der Waals surface area contributed by atoms with E-state index in [0.29, 0.717) is 11.0 Å². The Morgan fingerprint density at radius 1 is 1.27 bits per heavy atom. The van der Waals surface area contributed by atoms with Crippen LogP contribution in [0, 0.1) is 5.41 Å². The monoisotopic (exact) mass is 224 g/mol. The third-order valence-electron chi connectivity index (χ3n) is 4.13. The molecule has 1 N–H and O–H groups in total. The first-order chi connectivity index (χ1) is 7.20. The number of nitrogens with one attached hydrogen (secondary N) is 1. The van der Waals surface area contributed by atoms with Gasteiger partial charge in [0.15, 0.2) is 5.17 Å². The maximum atomic E-state index is 4.74. The van der Waals surface area contributed by atoms with E-state index in [2.05, 4.69) is 12.2 Å². The number of nitrogens with zero attached hydrogens (tertiary/aromatic N) is 1. The van der Waals surface area contributed by atoms with Crippen molar-refractivity contribution in [3.63, 3.8) is 0 Å². The van der Waals surface area contributed by atoms with Gasteiger partial charge in [0.25, 0.3) is 0 Å². The van der Waals surface area contributed by atoms with Gasteiger partial charge < -0.3 is 5.32 Å². The summed E-state index contributed by atoms with van der Waals surface area (Å²) in [5.41, 5.74) is 0.995. The van der Waals surface area contributed by atoms with Crippen LogP contribution in [0.5, 0.6) is 0 Å². The average molecular weight is 224 g/mol. The molecule has 0 aromatic carbocycles. The van der Waals surface area contributed by atoms with Gasteiger partial charge in [-0.25, -0.2) is 0 Å². The first kappa shape index (κ1) is 10.0. The van der Waals surface area contributed by atoms with Gasteiger partial charge in [0.05, 0.1) is 0 Å². The largest absolute Gasteiger partial charge is 0.359 e. The smallest absolute Gasteiger partial charge is 0.157 e. The Balaban J connectivity index is 1.60. The van der Waals surface area contributed by atoms with Crippen molar-refractivity contribution in [3.8, 4) is 0 Å². The number of aliphatic imine (C=N–C) groups is 1. The molecule has 3 heteroatoms. The molecule has 2 saturated carbocycles. The molecule has 3 aliphatic rings. The Hall–Kier alpha value is -0.180. The van der Waals surface area contributed by atoms with Gasteiger partial charge in [0, 0.05) is 17.8 Å². The van der Waals surface area contributed by atoms with Crippen molar-refractivity contribution in [2.24, 2.45) is 10.4 Å². The molecule has 1 spiro atoms. The summed E-state index contributed by atoms with van der Waals surface area (Å²) in [5, 5.41) is 4.91. The van der Waals surface area contributed by atoms with Crippen molar-refractivity contribution >= 4 is 16.9 Å². The van der Waals surface area contributed by atoms with Crippen molar-refractivity contribution in [1.82, 2.24) is 5.32 Å². The molecule has 0 bridgehead atoms. The lowest BCUT2D eigenvalue weighted by atomic mass is 10.0. The van der Waals surface area contributed by atoms with Crippen LogP contribution in [0.2, 0.25) is 0 Å². The van der Waals surface area contributed by atoms with E-state index in [1.807, 2.05) is 11.8 Å². The first-order valence-corrected chi connectivity index (χ1v) is 7.14. The van der Waals surface area contributed by atoms with Crippen LogP contribution in [-0.4, -0.2) is 23.0 Å². The molecule has 2 aliphatic carbocycles. The Morgan fingerprint density at radius 3 is 2.67 bits per heavy atom. The van der Waals surface area contributed by atoms with Gasteiger partial charge >= 0.3 is 0 Å². The highest BCUT2D eigenvalue weighted by Crippen LogP contribution is 2.45. The molecule has 0 atom stereocenters. The van der Waals surface area contributed by atoms with Crippen molar-refractivity contribution in [2.75, 3.05) is 12.3 Å². The zero-order valence-corrected chi connectivity index (χ0v) is 10.3. The minimum Gasteiger partial charge on any atom is -0.359 e. The van der Waals surface area contributed by atoms with Gasteiger partial charge in [-0.15, -0.1) is 0 Å². The fraction of sp³-hybridized carbons (Fsp3) is 0.917. The molecule has 3 fully saturated rings. The average Bonchev–Trinajstić information content (AvgIpc) is 2.71. The normalized spacial score (nSPS) is 33.5. The van der Waals surface area contributed by atoms with E-state index in [-0.39, 0.29) is 0 Å². The fourth-order valence-corrected chi connectivity index (χ4v) is 3.76. The topological polar surface area (TPSA) is 24.4 Å². The van der Waals surface area contributed by atoms with E-state index in [1.165, 1.54) is 49.4 Å². The van der Waals surface area contributed by atoms with E-state index in [1.54, 1.807) is 0 Å². The van der Waals surface area contributed by atoms with Crippen molar-refractivity contribution in [2.45, 2.75) is 51.0 Å². The lowest BCUT2D eigenvalue weighted by Gasteiger charge is -2.21. The number of rotatable bonds is 2. The molecule has 0 amide bonds. The molecule has 0 radical (unpaired) electrons. The number of hydrogen-bond donors (Lipinski definition) is 1. The Bertz CT molecular complexity index is 288. The summed E-state index contributed by atoms with van der Waals surface area (Å²) < 4.78 is 0. The van der Waals surface area contributed by atoms with Crippen molar-refractivity contribution in [3.05, 3.63) is 0 Å². The van der Waals surface area contributed by atoms with E-state index < -0.39 is 0 Å². The molecular weight excluding hydrogens is 204 g/mol. The van der Waals surface area contributed by atoms with Gasteiger partial charge in [-0.05, 0) is 31.1 Å². The highest BCUT2D eigenvalue weighted by atomic mass is 32.2. The van der Waals surface area contributed by atoms with Gasteiger partial charge in [0.2, 0.25) is 0 Å². The first-order valence-electron chi connectivity index (χ1n) is 6.15. The van der Waals surface area contributed by atoms with Gasteiger partial charge in [0.1, 0.15) is 0 Å². The lowest BCUT2D eigenvalue weighted by Crippen LogP contribution is -2.40. The second-order valence-electron chi connectivity index (χ2n) is 5.83. The number of amidine groups is 1. The van der Waals surface area contributed by atoms with Crippen LogP contribution >= 0.6 is 11.8 Å². The lowest BCUT2D eigenvalue weighted by molar-refractivity contribution is 0.451. The molecule has 3 rings (SSSR count). The second-order valence-corrected chi connectivity index (χ2v) is 6.80. The molecule has 0 aromatic rings. The molecular formula is C12H20N2S. The molecule has 1 heterocycles. The van der Waals surface area contributed by atoms with E-state index in [4.69, 9.17) is 4.99 Å². The summed E-state index contributed by atoms with van der Waals surface area (Å²) in [4.78, 5) is 4.74. The maximum absolute atomic E-state index is 4.74. The SMILES string of the molecule is CC1(CN=C2NC3(CCCC3)CS2)CC1. The molecule has 84 valence electrons. The highest BCUT2D eigenvalue weighted by molar-refractivity contribution is 8.14. The quantitative estimate of drug-likeness (QED) is 0.780. The van der Waals surface area contributed by atoms with Crippen molar-refractivity contribution < 1.29 is 0 Å². The molecule has 1 saturated heterocycles. The van der Waals surface area contributed by atoms with E-state index in [0.717, 1.165) is 6.54 Å². The van der Waals surface area contributed by atoms with Crippen LogP contribution in [0.1, 0.15) is 45.4 Å². The highest BCUT2D eigenvalue weighted by Gasteiger charge is 2.41. The summed E-state index contributed by atoms with van der Waals surface area (Å²) in [5.74, 6) is 1.25. The predicted molar refractivity (Wildman–Crippen MR) is 66.4 cm³/mol. The molecule has 0 aromatic heterocycles. The molecule has 0 unspecified atom stereocenters. The molecule has 1 aliphatic heterocycles. The summed E-state index contributed by atoms with van der Waals surface area (Å²) in [7, 11) is 0. The number of thioether (sulfide) groups is 1. The molecule has 15 heavy (non-hydrogen) atoms. The summed E-state index contributed by atoms with van der Waals surface area (Å²) in [6.07, 6.45) is 8.27. The zero-order valence-electron chi connectivity index (χ0n) is 9.51. The third kappa shape index (κ3) is 2.03. The summed E-state index contributed by atoms with van der Waals surface area (Å²) >= 11 is 1.95. The Kier molecular flexibility index (Phi) is 2.27. The number of hydrogen-bond acceptors (Lipinski definition) is 2. The second kappa shape index (κ2) is 3.41. The van der Waals surface area contributed by atoms with Gasteiger partial charge in [-0.3, -0.25) is 4.99 Å². The van der Waals surface area contributed by atoms with Crippen LogP contribution in [0.15, 0.2) is 4.99 Å². The summed E-state index contributed by atoms with van der Waals surface area (Å²) in [6, 6.07) is 0. The minimum absolute atomic E-state index is 0.438. The minimum atomic E-state index is 0.438. The van der Waals surface area contributed by atoms with Gasteiger partial charge in [-0.1, -0.05) is 31.5 Å².